The zero-order chi connectivity index (χ0) is 18.0. The molecule has 3 rings (SSSR count). The van der Waals surface area contributed by atoms with Gasteiger partial charge in [-0.15, -0.1) is 0 Å². The van der Waals surface area contributed by atoms with Gasteiger partial charge in [0.1, 0.15) is 0 Å². The predicted octanol–water partition coefficient (Wildman–Crippen LogP) is 2.97. The average molecular weight is 337 g/mol. The summed E-state index contributed by atoms with van der Waals surface area (Å²) in [6.07, 6.45) is 3.69. The highest BCUT2D eigenvalue weighted by Gasteiger charge is 2.43. The van der Waals surface area contributed by atoms with E-state index in [1.54, 1.807) is 17.3 Å². The number of pyridine rings is 1. The van der Waals surface area contributed by atoms with Crippen LogP contribution in [0.1, 0.15) is 44.4 Å². The number of carbonyl (C=O) groups excluding carboxylic acids is 2. The van der Waals surface area contributed by atoms with Crippen LogP contribution in [0.25, 0.3) is 0 Å². The van der Waals surface area contributed by atoms with Crippen molar-refractivity contribution >= 4 is 17.5 Å². The zero-order valence-corrected chi connectivity index (χ0v) is 14.8. The van der Waals surface area contributed by atoms with Crippen LogP contribution in [0.4, 0.5) is 5.69 Å². The normalized spacial score (nSPS) is 16.4. The third kappa shape index (κ3) is 3.27. The largest absolute Gasteiger partial charge is 0.350 e. The number of hydrogen-bond donors (Lipinski definition) is 1. The third-order valence-corrected chi connectivity index (χ3v) is 4.79. The molecule has 0 saturated heterocycles. The smallest absolute Gasteiger partial charge is 0.237 e. The Labute approximate surface area is 148 Å². The Balaban J connectivity index is 1.64. The van der Waals surface area contributed by atoms with Crippen molar-refractivity contribution in [1.82, 2.24) is 10.3 Å². The lowest BCUT2D eigenvalue weighted by Gasteiger charge is -2.21. The second kappa shape index (κ2) is 6.67. The van der Waals surface area contributed by atoms with E-state index in [0.717, 1.165) is 16.8 Å². The molecule has 1 N–H and O–H groups in total. The van der Waals surface area contributed by atoms with E-state index in [9.17, 15) is 9.59 Å². The number of para-hydroxylation sites is 1. The summed E-state index contributed by atoms with van der Waals surface area (Å²) in [6, 6.07) is 11.5. The number of hydrogen-bond acceptors (Lipinski definition) is 3. The maximum atomic E-state index is 12.7. The molecule has 0 fully saturated rings. The highest BCUT2D eigenvalue weighted by molar-refractivity contribution is 6.07. The molecule has 1 aromatic heterocycles. The van der Waals surface area contributed by atoms with Crippen LogP contribution in [0.2, 0.25) is 0 Å². The molecular formula is C20H23N3O2. The molecule has 0 bridgehead atoms. The molecular weight excluding hydrogens is 314 g/mol. The fourth-order valence-electron chi connectivity index (χ4n) is 3.28. The van der Waals surface area contributed by atoms with Crippen LogP contribution in [0.5, 0.6) is 0 Å². The molecule has 25 heavy (non-hydrogen) atoms. The van der Waals surface area contributed by atoms with Crippen LogP contribution in [-0.4, -0.2) is 23.3 Å². The number of rotatable bonds is 5. The first-order chi connectivity index (χ1) is 11.9. The zero-order valence-electron chi connectivity index (χ0n) is 14.8. The van der Waals surface area contributed by atoms with Crippen molar-refractivity contribution < 1.29 is 9.59 Å². The number of fused-ring (bicyclic) bond motifs is 1. The van der Waals surface area contributed by atoms with Crippen LogP contribution in [0.15, 0.2) is 48.8 Å². The van der Waals surface area contributed by atoms with Crippen LogP contribution in [0, 0.1) is 0 Å². The number of nitrogens with one attached hydrogen (secondary N) is 1. The van der Waals surface area contributed by atoms with E-state index in [0.29, 0.717) is 6.54 Å². The second-order valence-electron chi connectivity index (χ2n) is 6.92. The fourth-order valence-corrected chi connectivity index (χ4v) is 3.28. The quantitative estimate of drug-likeness (QED) is 0.912. The highest BCUT2D eigenvalue weighted by atomic mass is 16.2. The number of aromatic nitrogens is 1. The molecule has 5 nitrogen and oxygen atoms in total. The van der Waals surface area contributed by atoms with Crippen LogP contribution >= 0.6 is 0 Å². The summed E-state index contributed by atoms with van der Waals surface area (Å²) >= 11 is 0. The molecule has 0 aliphatic carbocycles. The van der Waals surface area contributed by atoms with Crippen molar-refractivity contribution in [3.8, 4) is 0 Å². The van der Waals surface area contributed by atoms with E-state index >= 15 is 0 Å². The van der Waals surface area contributed by atoms with Gasteiger partial charge in [0.05, 0.1) is 11.5 Å². The average Bonchev–Trinajstić information content (AvgIpc) is 2.81. The Morgan fingerprint density at radius 3 is 2.60 bits per heavy atom. The highest BCUT2D eigenvalue weighted by Crippen LogP contribution is 2.41. The minimum Gasteiger partial charge on any atom is -0.350 e. The molecule has 0 spiro atoms. The number of anilines is 1. The van der Waals surface area contributed by atoms with E-state index in [4.69, 9.17) is 0 Å². The molecule has 0 radical (unpaired) electrons. The van der Waals surface area contributed by atoms with E-state index in [1.807, 2.05) is 57.2 Å². The van der Waals surface area contributed by atoms with Gasteiger partial charge in [0.2, 0.25) is 11.8 Å². The summed E-state index contributed by atoms with van der Waals surface area (Å²) in [5.74, 6) is -0.0250. The van der Waals surface area contributed by atoms with Crippen molar-refractivity contribution in [1.29, 1.82) is 0 Å². The van der Waals surface area contributed by atoms with Gasteiger partial charge >= 0.3 is 0 Å². The van der Waals surface area contributed by atoms with Gasteiger partial charge in [0, 0.05) is 31.0 Å². The number of amides is 2. The van der Waals surface area contributed by atoms with Crippen LogP contribution in [-0.2, 0) is 15.0 Å². The van der Waals surface area contributed by atoms with E-state index in [2.05, 4.69) is 10.3 Å². The Morgan fingerprint density at radius 2 is 1.88 bits per heavy atom. The lowest BCUT2D eigenvalue weighted by atomic mass is 9.86. The molecule has 2 heterocycles. The number of nitrogens with zero attached hydrogens (tertiary/aromatic N) is 2. The minimum absolute atomic E-state index is 0.0451. The second-order valence-corrected chi connectivity index (χ2v) is 6.92. The topological polar surface area (TPSA) is 62.3 Å². The van der Waals surface area contributed by atoms with Crippen LogP contribution < -0.4 is 10.2 Å². The summed E-state index contributed by atoms with van der Waals surface area (Å²) in [7, 11) is 0. The summed E-state index contributed by atoms with van der Waals surface area (Å²) in [4.78, 5) is 30.7. The lowest BCUT2D eigenvalue weighted by Crippen LogP contribution is -2.38. The lowest BCUT2D eigenvalue weighted by molar-refractivity contribution is -0.122. The molecule has 5 heteroatoms. The molecule has 2 aromatic rings. The first-order valence-electron chi connectivity index (χ1n) is 8.52. The Bertz CT molecular complexity index is 787. The van der Waals surface area contributed by atoms with Gasteiger partial charge in [-0.1, -0.05) is 18.2 Å². The van der Waals surface area contributed by atoms with Crippen LogP contribution in [0.3, 0.4) is 0 Å². The minimum atomic E-state index is -0.544. The first-order valence-corrected chi connectivity index (χ1v) is 8.52. The van der Waals surface area contributed by atoms with Gasteiger partial charge in [-0.2, -0.15) is 0 Å². The first kappa shape index (κ1) is 17.1. The Morgan fingerprint density at radius 1 is 1.20 bits per heavy atom. The predicted molar refractivity (Wildman–Crippen MR) is 97.2 cm³/mol. The Hall–Kier alpha value is -2.69. The number of carbonyl (C=O) groups is 2. The standard InChI is InChI=1S/C20H23N3O2/c1-14(15-8-11-21-12-9-15)22-18(24)10-13-23-17-7-5-4-6-16(17)20(2,3)19(23)25/h4-9,11-12,14H,10,13H2,1-3H3,(H,22,24). The third-order valence-electron chi connectivity index (χ3n) is 4.79. The van der Waals surface area contributed by atoms with Crippen molar-refractivity contribution in [2.24, 2.45) is 0 Å². The van der Waals surface area contributed by atoms with Crippen molar-refractivity contribution in [3.63, 3.8) is 0 Å². The van der Waals surface area contributed by atoms with Crippen molar-refractivity contribution in [2.75, 3.05) is 11.4 Å². The summed E-state index contributed by atoms with van der Waals surface area (Å²) < 4.78 is 0. The molecule has 1 atom stereocenters. The molecule has 1 unspecified atom stereocenters. The van der Waals surface area contributed by atoms with Gasteiger partial charge in [-0.05, 0) is 50.1 Å². The van der Waals surface area contributed by atoms with E-state index in [-0.39, 0.29) is 24.3 Å². The molecule has 1 aliphatic rings. The maximum Gasteiger partial charge on any atom is 0.237 e. The van der Waals surface area contributed by atoms with Gasteiger partial charge < -0.3 is 10.2 Å². The SMILES string of the molecule is CC(NC(=O)CCN1C(=O)C(C)(C)c2ccccc21)c1ccncc1. The van der Waals surface area contributed by atoms with Gasteiger partial charge in [-0.25, -0.2) is 0 Å². The van der Waals surface area contributed by atoms with Gasteiger partial charge in [0.25, 0.3) is 0 Å². The summed E-state index contributed by atoms with van der Waals surface area (Å²) in [5.41, 5.74) is 2.39. The van der Waals surface area contributed by atoms with Crippen molar-refractivity contribution in [2.45, 2.75) is 38.6 Å². The summed E-state index contributed by atoms with van der Waals surface area (Å²) in [6.45, 7) is 6.18. The van der Waals surface area contributed by atoms with E-state index < -0.39 is 5.41 Å². The maximum absolute atomic E-state index is 12.7. The molecule has 1 aliphatic heterocycles. The van der Waals surface area contributed by atoms with E-state index in [1.165, 1.54) is 0 Å². The van der Waals surface area contributed by atoms with Crippen molar-refractivity contribution in [3.05, 3.63) is 59.9 Å². The molecule has 0 saturated carbocycles. The molecule has 2 amide bonds. The summed E-state index contributed by atoms with van der Waals surface area (Å²) in [5, 5.41) is 2.97. The Kier molecular flexibility index (Phi) is 4.57. The fraction of sp³-hybridized carbons (Fsp3) is 0.350. The van der Waals surface area contributed by atoms with Gasteiger partial charge in [0.15, 0.2) is 0 Å². The van der Waals surface area contributed by atoms with Gasteiger partial charge in [-0.3, -0.25) is 14.6 Å². The monoisotopic (exact) mass is 337 g/mol. The molecule has 1 aromatic carbocycles. The number of benzene rings is 1. The molecule has 130 valence electrons.